The number of nitrogens with zero attached hydrogens (tertiary/aromatic N) is 3. The Labute approximate surface area is 249 Å². The van der Waals surface area contributed by atoms with Crippen molar-refractivity contribution in [1.29, 1.82) is 0 Å². The maximum absolute atomic E-state index is 15.3. The van der Waals surface area contributed by atoms with Crippen molar-refractivity contribution in [2.24, 2.45) is 0 Å². The Hall–Kier alpha value is -5.65. The third-order valence-electron chi connectivity index (χ3n) is 6.96. The van der Waals surface area contributed by atoms with Gasteiger partial charge in [0, 0.05) is 47.0 Å². The molecular formula is C32H26F2N4O6. The molecule has 3 heterocycles. The first kappa shape index (κ1) is 29.8. The van der Waals surface area contributed by atoms with Gasteiger partial charge < -0.3 is 19.5 Å². The quantitative estimate of drug-likeness (QED) is 0.217. The van der Waals surface area contributed by atoms with Gasteiger partial charge in [-0.15, -0.1) is 0 Å². The van der Waals surface area contributed by atoms with Crippen LogP contribution in [0.25, 0.3) is 16.7 Å². The van der Waals surface area contributed by atoms with Gasteiger partial charge in [0.25, 0.3) is 17.3 Å². The zero-order chi connectivity index (χ0) is 31.7. The van der Waals surface area contributed by atoms with Crippen LogP contribution in [0, 0.1) is 25.5 Å². The number of hydrogen-bond donors (Lipinski definition) is 1. The van der Waals surface area contributed by atoms with Crippen molar-refractivity contribution in [3.63, 3.8) is 0 Å². The van der Waals surface area contributed by atoms with Gasteiger partial charge in [-0.3, -0.25) is 23.9 Å². The molecule has 2 aromatic carbocycles. The number of rotatable bonds is 8. The molecule has 224 valence electrons. The van der Waals surface area contributed by atoms with Gasteiger partial charge in [-0.1, -0.05) is 0 Å². The average molecular weight is 601 g/mol. The molecule has 12 heteroatoms. The number of benzene rings is 2. The summed E-state index contributed by atoms with van der Waals surface area (Å²) in [5, 5.41) is 2.53. The van der Waals surface area contributed by atoms with Crippen molar-refractivity contribution in [2.45, 2.75) is 20.8 Å². The second-order valence-electron chi connectivity index (χ2n) is 9.71. The lowest BCUT2D eigenvalue weighted by Crippen LogP contribution is -2.33. The minimum Gasteiger partial charge on any atom is -0.491 e. The van der Waals surface area contributed by atoms with Crippen LogP contribution in [0.3, 0.4) is 0 Å². The van der Waals surface area contributed by atoms with E-state index in [0.717, 1.165) is 6.07 Å². The van der Waals surface area contributed by atoms with E-state index in [1.54, 1.807) is 13.0 Å². The van der Waals surface area contributed by atoms with E-state index in [9.17, 15) is 18.8 Å². The summed E-state index contributed by atoms with van der Waals surface area (Å²) in [6.07, 6.45) is 1.47. The van der Waals surface area contributed by atoms with Crippen molar-refractivity contribution in [1.82, 2.24) is 14.5 Å². The fourth-order valence-corrected chi connectivity index (χ4v) is 4.98. The van der Waals surface area contributed by atoms with Crippen LogP contribution < -0.4 is 25.1 Å². The Kier molecular flexibility index (Phi) is 8.08. The molecule has 0 aliphatic heterocycles. The zero-order valence-corrected chi connectivity index (χ0v) is 24.3. The molecule has 44 heavy (non-hydrogen) atoms. The van der Waals surface area contributed by atoms with E-state index in [1.165, 1.54) is 81.3 Å². The number of pyridine rings is 3. The lowest BCUT2D eigenvalue weighted by atomic mass is 9.98. The third kappa shape index (κ3) is 5.44. The molecule has 0 unspecified atom stereocenters. The lowest BCUT2D eigenvalue weighted by molar-refractivity contribution is 0.101. The van der Waals surface area contributed by atoms with E-state index in [0.29, 0.717) is 22.5 Å². The van der Waals surface area contributed by atoms with E-state index in [4.69, 9.17) is 14.2 Å². The van der Waals surface area contributed by atoms with Crippen LogP contribution >= 0.6 is 0 Å². The van der Waals surface area contributed by atoms with E-state index in [-0.39, 0.29) is 51.2 Å². The first-order valence-corrected chi connectivity index (χ1v) is 13.2. The second kappa shape index (κ2) is 11.9. The molecule has 0 aliphatic carbocycles. The van der Waals surface area contributed by atoms with Gasteiger partial charge >= 0.3 is 0 Å². The summed E-state index contributed by atoms with van der Waals surface area (Å²) in [6, 6.07) is 11.9. The van der Waals surface area contributed by atoms with E-state index in [2.05, 4.69) is 15.3 Å². The van der Waals surface area contributed by atoms with Gasteiger partial charge in [0.1, 0.15) is 16.9 Å². The predicted octanol–water partition coefficient (Wildman–Crippen LogP) is 5.94. The van der Waals surface area contributed by atoms with Gasteiger partial charge in [-0.05, 0) is 62.7 Å². The standard InChI is InChI=1S/C32H26F2N4O6/c1-16-27(18(3)39)17(2)38(21-9-6-19(33)7-10-21)32(41)28(16)30(40)36-20-8-11-24(22(34)14-20)44-25-12-13-35-23-15-26(42-4)31(43-5)37-29(23)25/h6-15H,1-5H3,(H,36,40). The molecule has 0 bridgehead atoms. The van der Waals surface area contributed by atoms with Crippen LogP contribution in [0.1, 0.15) is 38.9 Å². The summed E-state index contributed by atoms with van der Waals surface area (Å²) in [4.78, 5) is 48.2. The van der Waals surface area contributed by atoms with Crippen LogP contribution in [0.15, 0.2) is 65.6 Å². The van der Waals surface area contributed by atoms with Gasteiger partial charge in [0.05, 0.1) is 19.7 Å². The zero-order valence-electron chi connectivity index (χ0n) is 24.3. The first-order chi connectivity index (χ1) is 21.0. The number of nitrogens with one attached hydrogen (secondary N) is 1. The Morgan fingerprint density at radius 1 is 0.886 bits per heavy atom. The monoisotopic (exact) mass is 600 g/mol. The highest BCUT2D eigenvalue weighted by molar-refractivity contribution is 6.08. The number of aromatic nitrogens is 3. The van der Waals surface area contributed by atoms with Crippen LogP contribution in [-0.4, -0.2) is 40.4 Å². The molecule has 0 atom stereocenters. The highest BCUT2D eigenvalue weighted by Gasteiger charge is 2.25. The number of ketones is 1. The number of halogens is 2. The fraction of sp³-hybridized carbons (Fsp3) is 0.156. The van der Waals surface area contributed by atoms with Crippen molar-refractivity contribution in [3.05, 3.63) is 105 Å². The summed E-state index contributed by atoms with van der Waals surface area (Å²) in [6.45, 7) is 4.38. The molecule has 5 aromatic rings. The number of anilines is 1. The summed E-state index contributed by atoms with van der Waals surface area (Å²) in [7, 11) is 2.89. The highest BCUT2D eigenvalue weighted by atomic mass is 19.1. The molecule has 0 fully saturated rings. The molecular weight excluding hydrogens is 574 g/mol. The number of ether oxygens (including phenoxy) is 3. The summed E-state index contributed by atoms with van der Waals surface area (Å²) < 4.78 is 46.3. The van der Waals surface area contributed by atoms with Crippen LogP contribution in [0.5, 0.6) is 23.1 Å². The predicted molar refractivity (Wildman–Crippen MR) is 159 cm³/mol. The number of Topliss-reactive ketones (excluding diaryl/α,β-unsaturated/α-hetero) is 1. The number of methoxy groups -OCH3 is 2. The molecule has 0 saturated heterocycles. The fourth-order valence-electron chi connectivity index (χ4n) is 4.98. The summed E-state index contributed by atoms with van der Waals surface area (Å²) in [5.41, 5.74) is 0.618. The van der Waals surface area contributed by atoms with Crippen molar-refractivity contribution in [3.8, 4) is 28.8 Å². The minimum absolute atomic E-state index is 0.0287. The number of carbonyl (C=O) groups is 2. The molecule has 1 amide bonds. The molecule has 0 aliphatic rings. The van der Waals surface area contributed by atoms with E-state index >= 15 is 4.39 Å². The summed E-state index contributed by atoms with van der Waals surface area (Å²) >= 11 is 0. The number of fused-ring (bicyclic) bond motifs is 1. The molecule has 3 aromatic heterocycles. The van der Waals surface area contributed by atoms with Gasteiger partial charge in [-0.2, -0.15) is 0 Å². The normalized spacial score (nSPS) is 10.9. The minimum atomic E-state index is -0.857. The van der Waals surface area contributed by atoms with Gasteiger partial charge in [-0.25, -0.2) is 13.8 Å². The summed E-state index contributed by atoms with van der Waals surface area (Å²) in [5.74, 6) is -1.98. The van der Waals surface area contributed by atoms with E-state index in [1.807, 2.05) is 0 Å². The van der Waals surface area contributed by atoms with Gasteiger partial charge in [0.15, 0.2) is 28.8 Å². The van der Waals surface area contributed by atoms with Gasteiger partial charge in [0.2, 0.25) is 0 Å². The SMILES string of the molecule is COc1cc2nccc(Oc3ccc(NC(=O)c4c(C)c(C(C)=O)c(C)n(-c5ccc(F)cc5)c4=O)cc3F)c2nc1OC. The molecule has 10 nitrogen and oxygen atoms in total. The Morgan fingerprint density at radius 3 is 2.25 bits per heavy atom. The first-order valence-electron chi connectivity index (χ1n) is 13.2. The topological polar surface area (TPSA) is 122 Å². The maximum Gasteiger partial charge on any atom is 0.268 e. The van der Waals surface area contributed by atoms with E-state index < -0.39 is 23.1 Å². The molecule has 5 rings (SSSR count). The van der Waals surface area contributed by atoms with Crippen molar-refractivity contribution < 1.29 is 32.6 Å². The number of carbonyl (C=O) groups excluding carboxylic acids is 2. The smallest absolute Gasteiger partial charge is 0.268 e. The largest absolute Gasteiger partial charge is 0.491 e. The Bertz CT molecular complexity index is 2010. The third-order valence-corrected chi connectivity index (χ3v) is 6.96. The second-order valence-corrected chi connectivity index (χ2v) is 9.71. The number of hydrogen-bond acceptors (Lipinski definition) is 8. The molecule has 0 saturated carbocycles. The number of amides is 1. The highest BCUT2D eigenvalue weighted by Crippen LogP contribution is 2.35. The lowest BCUT2D eigenvalue weighted by Gasteiger charge is -2.18. The van der Waals surface area contributed by atoms with Crippen LogP contribution in [0.2, 0.25) is 0 Å². The van der Waals surface area contributed by atoms with Crippen LogP contribution in [-0.2, 0) is 0 Å². The van der Waals surface area contributed by atoms with Crippen molar-refractivity contribution >= 4 is 28.4 Å². The Balaban J connectivity index is 1.48. The maximum atomic E-state index is 15.3. The van der Waals surface area contributed by atoms with Crippen molar-refractivity contribution in [2.75, 3.05) is 19.5 Å². The molecule has 0 radical (unpaired) electrons. The van der Waals surface area contributed by atoms with Crippen LogP contribution in [0.4, 0.5) is 14.5 Å². The molecule has 1 N–H and O–H groups in total. The Morgan fingerprint density at radius 2 is 1.61 bits per heavy atom. The molecule has 0 spiro atoms. The average Bonchev–Trinajstić information content (AvgIpc) is 2.98.